The van der Waals surface area contributed by atoms with Crippen molar-refractivity contribution in [2.24, 2.45) is 0 Å². The van der Waals surface area contributed by atoms with E-state index in [1.807, 2.05) is 60.7 Å². The number of nitrogens with one attached hydrogen (secondary N) is 2. The van der Waals surface area contributed by atoms with E-state index in [4.69, 9.17) is 0 Å². The first-order valence-electron chi connectivity index (χ1n) is 11.8. The van der Waals surface area contributed by atoms with Crippen molar-refractivity contribution < 1.29 is 9.59 Å². The van der Waals surface area contributed by atoms with Crippen molar-refractivity contribution in [1.29, 1.82) is 0 Å². The fourth-order valence-corrected chi connectivity index (χ4v) is 4.10. The molecule has 0 spiro atoms. The van der Waals surface area contributed by atoms with Crippen LogP contribution in [0.15, 0.2) is 89.7 Å². The number of hydrogen-bond acceptors (Lipinski definition) is 4. The average Bonchev–Trinajstić information content (AvgIpc) is 2.90. The topological polar surface area (TPSA) is 93.1 Å². The highest BCUT2D eigenvalue weighted by Gasteiger charge is 2.24. The molecule has 0 aliphatic rings. The second kappa shape index (κ2) is 11.2. The fraction of sp³-hybridized carbons (Fsp3) is 0.214. The summed E-state index contributed by atoms with van der Waals surface area (Å²) < 4.78 is 1.34. The first-order chi connectivity index (χ1) is 17.1. The van der Waals surface area contributed by atoms with Gasteiger partial charge in [0.05, 0.1) is 11.3 Å². The van der Waals surface area contributed by atoms with E-state index in [1.165, 1.54) is 4.68 Å². The molecule has 0 aliphatic carbocycles. The third-order valence-electron chi connectivity index (χ3n) is 5.88. The summed E-state index contributed by atoms with van der Waals surface area (Å²) in [4.78, 5) is 39.3. The molecule has 3 aromatic carbocycles. The number of rotatable bonds is 8. The van der Waals surface area contributed by atoms with Crippen LogP contribution in [-0.2, 0) is 11.3 Å². The van der Waals surface area contributed by atoms with Crippen molar-refractivity contribution in [2.45, 2.75) is 38.6 Å². The molecule has 0 saturated heterocycles. The molecule has 0 unspecified atom stereocenters. The lowest BCUT2D eigenvalue weighted by Crippen LogP contribution is -2.45. The first-order valence-corrected chi connectivity index (χ1v) is 11.8. The number of aryl methyl sites for hydroxylation is 1. The summed E-state index contributed by atoms with van der Waals surface area (Å²) in [6.45, 7) is 2.50. The molecular weight excluding hydrogens is 440 g/mol. The fourth-order valence-electron chi connectivity index (χ4n) is 4.10. The molecule has 0 saturated carbocycles. The normalized spacial score (nSPS) is 10.9. The number of carbonyl (C=O) groups excluding carboxylic acids is 2. The lowest BCUT2D eigenvalue weighted by atomic mass is 9.91. The van der Waals surface area contributed by atoms with Gasteiger partial charge in [-0.2, -0.15) is 5.10 Å². The van der Waals surface area contributed by atoms with Gasteiger partial charge in [0.25, 0.3) is 11.5 Å². The van der Waals surface area contributed by atoms with E-state index in [-0.39, 0.29) is 17.2 Å². The zero-order chi connectivity index (χ0) is 24.6. The van der Waals surface area contributed by atoms with Gasteiger partial charge in [-0.25, -0.2) is 4.68 Å². The Morgan fingerprint density at radius 2 is 1.37 bits per heavy atom. The van der Waals surface area contributed by atoms with Gasteiger partial charge in [-0.15, -0.1) is 0 Å². The summed E-state index contributed by atoms with van der Waals surface area (Å²) in [7, 11) is 0. The number of benzene rings is 3. The quantitative estimate of drug-likeness (QED) is 0.300. The highest BCUT2D eigenvalue weighted by Crippen LogP contribution is 2.24. The van der Waals surface area contributed by atoms with Crippen molar-refractivity contribution in [3.05, 3.63) is 112 Å². The molecule has 4 rings (SSSR count). The van der Waals surface area contributed by atoms with Crippen LogP contribution in [0.4, 0.5) is 0 Å². The summed E-state index contributed by atoms with van der Waals surface area (Å²) in [6, 6.07) is 25.6. The Bertz CT molecular complexity index is 1330. The molecule has 0 bridgehead atoms. The highest BCUT2D eigenvalue weighted by molar-refractivity contribution is 6.05. The molecule has 1 aromatic heterocycles. The smallest absolute Gasteiger partial charge is 0.272 e. The van der Waals surface area contributed by atoms with Crippen molar-refractivity contribution in [1.82, 2.24) is 20.6 Å². The number of aromatic nitrogens is 2. The maximum atomic E-state index is 13.2. The molecule has 35 heavy (non-hydrogen) atoms. The Balaban J connectivity index is 1.59. The van der Waals surface area contributed by atoms with Crippen LogP contribution in [-0.4, -0.2) is 21.6 Å². The Labute approximate surface area is 203 Å². The molecule has 0 fully saturated rings. The molecule has 4 aromatic rings. The molecule has 0 atom stereocenters. The number of carbonyl (C=O) groups is 2. The maximum absolute atomic E-state index is 13.2. The van der Waals surface area contributed by atoms with E-state index in [0.717, 1.165) is 30.4 Å². The van der Waals surface area contributed by atoms with Crippen LogP contribution in [0.3, 0.4) is 0 Å². The predicted molar refractivity (Wildman–Crippen MR) is 136 cm³/mol. The molecule has 0 aliphatic heterocycles. The third kappa shape index (κ3) is 5.46. The number of unbranched alkanes of at least 4 members (excludes halogenated alkanes) is 2. The van der Waals surface area contributed by atoms with Crippen molar-refractivity contribution in [3.8, 4) is 0 Å². The molecule has 7 nitrogen and oxygen atoms in total. The molecular formula is C28H28N4O3. The van der Waals surface area contributed by atoms with Crippen LogP contribution in [0.5, 0.6) is 0 Å². The summed E-state index contributed by atoms with van der Waals surface area (Å²) in [5, 5.41) is 5.21. The maximum Gasteiger partial charge on any atom is 0.290 e. The monoisotopic (exact) mass is 468 g/mol. The lowest BCUT2D eigenvalue weighted by Gasteiger charge is -2.18. The van der Waals surface area contributed by atoms with Crippen molar-refractivity contribution >= 4 is 22.6 Å². The van der Waals surface area contributed by atoms with E-state index < -0.39 is 11.8 Å². The van der Waals surface area contributed by atoms with Crippen LogP contribution in [0.1, 0.15) is 53.7 Å². The van der Waals surface area contributed by atoms with Crippen LogP contribution in [0.2, 0.25) is 0 Å². The van der Waals surface area contributed by atoms with Gasteiger partial charge in [0.2, 0.25) is 5.91 Å². The largest absolute Gasteiger partial charge is 0.290 e. The Morgan fingerprint density at radius 1 is 0.800 bits per heavy atom. The van der Waals surface area contributed by atoms with Gasteiger partial charge in [-0.3, -0.25) is 25.2 Å². The van der Waals surface area contributed by atoms with Crippen LogP contribution < -0.4 is 16.4 Å². The summed E-state index contributed by atoms with van der Waals surface area (Å²) in [5.41, 5.74) is 6.54. The van der Waals surface area contributed by atoms with Gasteiger partial charge < -0.3 is 0 Å². The minimum Gasteiger partial charge on any atom is -0.272 e. The van der Waals surface area contributed by atoms with Gasteiger partial charge in [-0.1, -0.05) is 98.6 Å². The molecule has 1 heterocycles. The summed E-state index contributed by atoms with van der Waals surface area (Å²) in [6.07, 6.45) is 2.75. The van der Waals surface area contributed by atoms with E-state index in [9.17, 15) is 14.4 Å². The van der Waals surface area contributed by atoms with E-state index in [2.05, 4.69) is 22.9 Å². The van der Waals surface area contributed by atoms with Gasteiger partial charge >= 0.3 is 0 Å². The van der Waals surface area contributed by atoms with Crippen LogP contribution in [0, 0.1) is 0 Å². The van der Waals surface area contributed by atoms with Gasteiger partial charge in [-0.05, 0) is 23.6 Å². The number of amides is 2. The van der Waals surface area contributed by atoms with E-state index >= 15 is 0 Å². The number of hydrogen-bond donors (Lipinski definition) is 2. The van der Waals surface area contributed by atoms with E-state index in [1.54, 1.807) is 24.3 Å². The minimum atomic E-state index is -0.606. The van der Waals surface area contributed by atoms with Crippen LogP contribution in [0.25, 0.3) is 10.8 Å². The highest BCUT2D eigenvalue weighted by atomic mass is 16.2. The summed E-state index contributed by atoms with van der Waals surface area (Å²) in [5.74, 6) is -1.57. The zero-order valence-corrected chi connectivity index (χ0v) is 19.6. The van der Waals surface area contributed by atoms with Crippen LogP contribution >= 0.6 is 0 Å². The molecule has 7 heteroatoms. The molecule has 2 N–H and O–H groups in total. The standard InChI is InChI=1S/C28H28N4O3/c1-2-3-12-19-32-28(35)23-18-11-10-17-22(23)25(31-32)27(34)30-29-26(33)24(20-13-6-4-7-14-20)21-15-8-5-9-16-21/h4-11,13-18,24H,2-3,12,19H2,1H3,(H,29,33)(H,30,34). The van der Waals surface area contributed by atoms with Gasteiger partial charge in [0.1, 0.15) is 0 Å². The van der Waals surface area contributed by atoms with Crippen molar-refractivity contribution in [2.75, 3.05) is 0 Å². The third-order valence-corrected chi connectivity index (χ3v) is 5.88. The molecule has 2 amide bonds. The Hall–Kier alpha value is -4.26. The van der Waals surface area contributed by atoms with Crippen molar-refractivity contribution in [3.63, 3.8) is 0 Å². The molecule has 178 valence electrons. The first kappa shape index (κ1) is 23.9. The van der Waals surface area contributed by atoms with E-state index in [0.29, 0.717) is 17.3 Å². The number of fused-ring (bicyclic) bond motifs is 1. The SMILES string of the molecule is CCCCCn1nc(C(=O)NNC(=O)C(c2ccccc2)c2ccccc2)c2ccccc2c1=O. The average molecular weight is 469 g/mol. The second-order valence-electron chi connectivity index (χ2n) is 8.33. The lowest BCUT2D eigenvalue weighted by molar-refractivity contribution is -0.122. The van der Waals surface area contributed by atoms with Gasteiger partial charge in [0, 0.05) is 11.9 Å². The predicted octanol–water partition coefficient (Wildman–Crippen LogP) is 4.18. The summed E-state index contributed by atoms with van der Waals surface area (Å²) >= 11 is 0. The second-order valence-corrected chi connectivity index (χ2v) is 8.33. The number of hydrazine groups is 1. The number of nitrogens with zero attached hydrogens (tertiary/aromatic N) is 2. The Kier molecular flexibility index (Phi) is 7.67. The Morgan fingerprint density at radius 3 is 1.97 bits per heavy atom. The van der Waals surface area contributed by atoms with Gasteiger partial charge in [0.15, 0.2) is 5.69 Å². The zero-order valence-electron chi connectivity index (χ0n) is 19.6. The molecule has 0 radical (unpaired) electrons. The minimum absolute atomic E-state index is 0.0907.